The summed E-state index contributed by atoms with van der Waals surface area (Å²) in [4.78, 5) is 0. The Hall–Kier alpha value is -0.370. The fraction of sp³-hybridized carbons (Fsp3) is 0.857. The van der Waals surface area contributed by atoms with Gasteiger partial charge in [-0.2, -0.15) is 0 Å². The molecule has 0 radical (unpaired) electrons. The number of nitrogens with two attached hydrogens (primary N) is 1. The van der Waals surface area contributed by atoms with E-state index in [2.05, 4.69) is 0 Å². The standard InChI is InChI=1S/C7H16N2/c1-5(2)7(9)4-6(3)8/h5-6,9H,4,8H2,1-3H3/t6-/m0/s1. The van der Waals surface area contributed by atoms with E-state index in [9.17, 15) is 0 Å². The maximum absolute atomic E-state index is 7.39. The second kappa shape index (κ2) is 3.62. The van der Waals surface area contributed by atoms with Crippen molar-refractivity contribution in [3.8, 4) is 0 Å². The van der Waals surface area contributed by atoms with Crippen LogP contribution in [0.2, 0.25) is 0 Å². The fourth-order valence-electron chi connectivity index (χ4n) is 0.583. The third-order valence-electron chi connectivity index (χ3n) is 1.24. The molecule has 0 fully saturated rings. The van der Waals surface area contributed by atoms with Gasteiger partial charge in [0.1, 0.15) is 0 Å². The lowest BCUT2D eigenvalue weighted by Gasteiger charge is -2.08. The number of hydrogen-bond acceptors (Lipinski definition) is 2. The van der Waals surface area contributed by atoms with Gasteiger partial charge in [0.25, 0.3) is 0 Å². The first-order chi connectivity index (χ1) is 4.04. The topological polar surface area (TPSA) is 49.9 Å². The van der Waals surface area contributed by atoms with Crippen LogP contribution in [0.4, 0.5) is 0 Å². The highest BCUT2D eigenvalue weighted by Gasteiger charge is 2.03. The Morgan fingerprint density at radius 3 is 2.00 bits per heavy atom. The maximum atomic E-state index is 7.39. The van der Waals surface area contributed by atoms with Crippen molar-refractivity contribution in [1.82, 2.24) is 0 Å². The molecule has 2 heteroatoms. The van der Waals surface area contributed by atoms with Crippen LogP contribution in [0.5, 0.6) is 0 Å². The third kappa shape index (κ3) is 4.15. The van der Waals surface area contributed by atoms with Gasteiger partial charge in [0, 0.05) is 18.2 Å². The Morgan fingerprint density at radius 1 is 1.44 bits per heavy atom. The van der Waals surface area contributed by atoms with E-state index in [1.807, 2.05) is 20.8 Å². The van der Waals surface area contributed by atoms with Crippen molar-refractivity contribution < 1.29 is 0 Å². The predicted octanol–water partition coefficient (Wildman–Crippen LogP) is 1.40. The van der Waals surface area contributed by atoms with E-state index in [0.717, 1.165) is 12.1 Å². The van der Waals surface area contributed by atoms with Gasteiger partial charge in [-0.15, -0.1) is 0 Å². The molecule has 0 spiro atoms. The van der Waals surface area contributed by atoms with Crippen LogP contribution in [0.15, 0.2) is 0 Å². The van der Waals surface area contributed by atoms with Crippen molar-refractivity contribution in [1.29, 1.82) is 5.41 Å². The fourth-order valence-corrected chi connectivity index (χ4v) is 0.583. The molecule has 54 valence electrons. The molecule has 2 nitrogen and oxygen atoms in total. The first-order valence-electron chi connectivity index (χ1n) is 3.37. The summed E-state index contributed by atoms with van der Waals surface area (Å²) in [6, 6.07) is 0.139. The molecule has 0 aromatic heterocycles. The van der Waals surface area contributed by atoms with Crippen LogP contribution in [0.3, 0.4) is 0 Å². The van der Waals surface area contributed by atoms with Crippen LogP contribution in [0, 0.1) is 11.3 Å². The molecule has 3 N–H and O–H groups in total. The van der Waals surface area contributed by atoms with E-state index >= 15 is 0 Å². The minimum Gasteiger partial charge on any atom is -0.328 e. The van der Waals surface area contributed by atoms with Gasteiger partial charge in [-0.3, -0.25) is 0 Å². The molecule has 0 aliphatic heterocycles. The molecule has 0 amide bonds. The minimum absolute atomic E-state index is 0.139. The van der Waals surface area contributed by atoms with Crippen LogP contribution in [-0.2, 0) is 0 Å². The largest absolute Gasteiger partial charge is 0.328 e. The molecule has 0 aliphatic carbocycles. The molecular formula is C7H16N2. The quantitative estimate of drug-likeness (QED) is 0.554. The lowest BCUT2D eigenvalue weighted by Crippen LogP contribution is -2.21. The zero-order chi connectivity index (χ0) is 7.44. The molecule has 0 heterocycles. The minimum atomic E-state index is 0.139. The van der Waals surface area contributed by atoms with Crippen molar-refractivity contribution >= 4 is 5.71 Å². The van der Waals surface area contributed by atoms with Gasteiger partial charge in [-0.25, -0.2) is 0 Å². The van der Waals surface area contributed by atoms with E-state index in [0.29, 0.717) is 5.92 Å². The zero-order valence-electron chi connectivity index (χ0n) is 6.44. The van der Waals surface area contributed by atoms with Crippen molar-refractivity contribution in [2.24, 2.45) is 11.7 Å². The number of hydrogen-bond donors (Lipinski definition) is 2. The molecular weight excluding hydrogens is 112 g/mol. The molecule has 0 saturated heterocycles. The Bertz CT molecular complexity index is 95.1. The summed E-state index contributed by atoms with van der Waals surface area (Å²) in [6.07, 6.45) is 0.734. The molecule has 0 unspecified atom stereocenters. The third-order valence-corrected chi connectivity index (χ3v) is 1.24. The van der Waals surface area contributed by atoms with Crippen molar-refractivity contribution in [2.75, 3.05) is 0 Å². The van der Waals surface area contributed by atoms with Crippen LogP contribution in [-0.4, -0.2) is 11.8 Å². The second-order valence-corrected chi connectivity index (χ2v) is 2.86. The Labute approximate surface area is 57.0 Å². The van der Waals surface area contributed by atoms with Crippen molar-refractivity contribution in [3.63, 3.8) is 0 Å². The predicted molar refractivity (Wildman–Crippen MR) is 40.8 cm³/mol. The lowest BCUT2D eigenvalue weighted by atomic mass is 10.0. The van der Waals surface area contributed by atoms with E-state index in [1.54, 1.807) is 0 Å². The molecule has 9 heavy (non-hydrogen) atoms. The van der Waals surface area contributed by atoms with Gasteiger partial charge in [-0.1, -0.05) is 13.8 Å². The Balaban J connectivity index is 3.51. The Kier molecular flexibility index (Phi) is 3.47. The van der Waals surface area contributed by atoms with Gasteiger partial charge in [-0.05, 0) is 12.8 Å². The van der Waals surface area contributed by atoms with Gasteiger partial charge >= 0.3 is 0 Å². The van der Waals surface area contributed by atoms with Crippen LogP contribution in [0.1, 0.15) is 27.2 Å². The highest BCUT2D eigenvalue weighted by Crippen LogP contribution is 2.00. The normalized spacial score (nSPS) is 13.9. The van der Waals surface area contributed by atoms with Gasteiger partial charge < -0.3 is 11.1 Å². The van der Waals surface area contributed by atoms with Crippen molar-refractivity contribution in [2.45, 2.75) is 33.2 Å². The van der Waals surface area contributed by atoms with Crippen molar-refractivity contribution in [3.05, 3.63) is 0 Å². The van der Waals surface area contributed by atoms with E-state index in [-0.39, 0.29) is 6.04 Å². The molecule has 0 saturated carbocycles. The van der Waals surface area contributed by atoms with E-state index in [1.165, 1.54) is 0 Å². The highest BCUT2D eigenvalue weighted by molar-refractivity contribution is 5.83. The maximum Gasteiger partial charge on any atom is 0.0130 e. The first kappa shape index (κ1) is 8.63. The monoisotopic (exact) mass is 128 g/mol. The summed E-state index contributed by atoms with van der Waals surface area (Å²) in [6.45, 7) is 5.96. The van der Waals surface area contributed by atoms with E-state index < -0.39 is 0 Å². The molecule has 1 atom stereocenters. The van der Waals surface area contributed by atoms with Crippen LogP contribution >= 0.6 is 0 Å². The van der Waals surface area contributed by atoms with E-state index in [4.69, 9.17) is 11.1 Å². The summed E-state index contributed by atoms with van der Waals surface area (Å²) in [5.74, 6) is 0.357. The summed E-state index contributed by atoms with van der Waals surface area (Å²) in [7, 11) is 0. The molecule has 0 bridgehead atoms. The summed E-state index contributed by atoms with van der Waals surface area (Å²) < 4.78 is 0. The van der Waals surface area contributed by atoms with Gasteiger partial charge in [0.05, 0.1) is 0 Å². The smallest absolute Gasteiger partial charge is 0.0130 e. The number of nitrogens with one attached hydrogen (secondary N) is 1. The van der Waals surface area contributed by atoms with Gasteiger partial charge in [0.15, 0.2) is 0 Å². The summed E-state index contributed by atoms with van der Waals surface area (Å²) in [5.41, 5.74) is 6.24. The summed E-state index contributed by atoms with van der Waals surface area (Å²) in [5, 5.41) is 7.39. The molecule has 0 rings (SSSR count). The molecule has 0 aromatic carbocycles. The van der Waals surface area contributed by atoms with Gasteiger partial charge in [0.2, 0.25) is 0 Å². The van der Waals surface area contributed by atoms with Crippen LogP contribution in [0.25, 0.3) is 0 Å². The molecule has 0 aromatic rings. The average molecular weight is 128 g/mol. The zero-order valence-corrected chi connectivity index (χ0v) is 6.44. The number of rotatable bonds is 3. The SMILES string of the molecule is CC(C)C(=N)C[C@H](C)N. The lowest BCUT2D eigenvalue weighted by molar-refractivity contribution is 0.733. The molecule has 0 aliphatic rings. The first-order valence-corrected chi connectivity index (χ1v) is 3.37. The summed E-state index contributed by atoms with van der Waals surface area (Å²) >= 11 is 0. The Morgan fingerprint density at radius 2 is 1.89 bits per heavy atom. The van der Waals surface area contributed by atoms with Crippen LogP contribution < -0.4 is 5.73 Å². The highest BCUT2D eigenvalue weighted by atomic mass is 14.6. The second-order valence-electron chi connectivity index (χ2n) is 2.86. The average Bonchev–Trinajstić information content (AvgIpc) is 1.63.